The maximum Gasteiger partial charge on any atom is 0.228 e. The van der Waals surface area contributed by atoms with Crippen LogP contribution in [0, 0.1) is 6.92 Å². The largest absolute Gasteiger partial charge is 0.507 e. The van der Waals surface area contributed by atoms with E-state index in [4.69, 9.17) is 4.42 Å². The van der Waals surface area contributed by atoms with Crippen molar-refractivity contribution in [2.24, 2.45) is 0 Å². The second-order valence-electron chi connectivity index (χ2n) is 6.59. The van der Waals surface area contributed by atoms with Crippen molar-refractivity contribution in [1.82, 2.24) is 4.90 Å². The highest BCUT2D eigenvalue weighted by atomic mass is 16.3. The van der Waals surface area contributed by atoms with Crippen molar-refractivity contribution in [2.45, 2.75) is 13.3 Å². The molecule has 0 bridgehead atoms. The van der Waals surface area contributed by atoms with Gasteiger partial charge >= 0.3 is 0 Å². The molecule has 0 unspecified atom stereocenters. The molecule has 0 atom stereocenters. The molecule has 2 aromatic carbocycles. The lowest BCUT2D eigenvalue weighted by molar-refractivity contribution is 0.0968. The minimum Gasteiger partial charge on any atom is -0.507 e. The van der Waals surface area contributed by atoms with Crippen LogP contribution in [0.3, 0.4) is 0 Å². The Hall–Kier alpha value is -2.92. The molecule has 5 heteroatoms. The van der Waals surface area contributed by atoms with E-state index in [9.17, 15) is 14.7 Å². The number of rotatable bonds is 6. The molecule has 0 fully saturated rings. The summed E-state index contributed by atoms with van der Waals surface area (Å²) in [6.07, 6.45) is 0.304. The first-order chi connectivity index (χ1) is 12.4. The van der Waals surface area contributed by atoms with Crippen LogP contribution in [0.1, 0.15) is 38.5 Å². The Morgan fingerprint density at radius 1 is 1.12 bits per heavy atom. The van der Waals surface area contributed by atoms with Crippen LogP contribution in [0.25, 0.3) is 11.0 Å². The van der Waals surface area contributed by atoms with Crippen LogP contribution in [0.2, 0.25) is 0 Å². The van der Waals surface area contributed by atoms with Crippen LogP contribution in [0.4, 0.5) is 0 Å². The van der Waals surface area contributed by atoms with Crippen molar-refractivity contribution in [3.05, 3.63) is 64.9 Å². The van der Waals surface area contributed by atoms with E-state index in [0.717, 1.165) is 0 Å². The molecule has 0 saturated carbocycles. The topological polar surface area (TPSA) is 70.7 Å². The molecule has 1 N–H and O–H groups in total. The zero-order valence-corrected chi connectivity index (χ0v) is 15.1. The number of phenols is 1. The summed E-state index contributed by atoms with van der Waals surface area (Å²) in [6.45, 7) is 2.38. The van der Waals surface area contributed by atoms with Gasteiger partial charge in [-0.25, -0.2) is 0 Å². The van der Waals surface area contributed by atoms with E-state index in [1.165, 1.54) is 6.07 Å². The lowest BCUT2D eigenvalue weighted by atomic mass is 10.0. The van der Waals surface area contributed by atoms with Gasteiger partial charge in [0.15, 0.2) is 11.5 Å². The van der Waals surface area contributed by atoms with E-state index in [1.807, 2.05) is 25.1 Å². The fourth-order valence-corrected chi connectivity index (χ4v) is 2.88. The van der Waals surface area contributed by atoms with Crippen molar-refractivity contribution in [1.29, 1.82) is 0 Å². The number of aromatic hydroxyl groups is 1. The van der Waals surface area contributed by atoms with E-state index >= 15 is 0 Å². The second-order valence-corrected chi connectivity index (χ2v) is 6.59. The van der Waals surface area contributed by atoms with Gasteiger partial charge in [-0.3, -0.25) is 9.59 Å². The molecule has 0 radical (unpaired) electrons. The molecule has 0 saturated heterocycles. The van der Waals surface area contributed by atoms with Crippen molar-refractivity contribution < 1.29 is 19.1 Å². The molecule has 0 amide bonds. The molecule has 5 nitrogen and oxygen atoms in total. The summed E-state index contributed by atoms with van der Waals surface area (Å²) in [4.78, 5) is 27.0. The maximum atomic E-state index is 12.7. The number of furan rings is 1. The number of phenolic OH excluding ortho intramolecular Hbond substituents is 1. The monoisotopic (exact) mass is 351 g/mol. The van der Waals surface area contributed by atoms with Crippen molar-refractivity contribution in [3.63, 3.8) is 0 Å². The summed E-state index contributed by atoms with van der Waals surface area (Å²) in [7, 11) is 3.77. The Balaban J connectivity index is 2.01. The van der Waals surface area contributed by atoms with Gasteiger partial charge in [-0.1, -0.05) is 30.3 Å². The molecule has 26 heavy (non-hydrogen) atoms. The molecule has 3 rings (SSSR count). The zero-order chi connectivity index (χ0) is 18.8. The smallest absolute Gasteiger partial charge is 0.228 e. The molecule has 0 aliphatic heterocycles. The fourth-order valence-electron chi connectivity index (χ4n) is 2.88. The molecule has 1 aromatic heterocycles. The maximum absolute atomic E-state index is 12.7. The molecular weight excluding hydrogens is 330 g/mol. The van der Waals surface area contributed by atoms with Gasteiger partial charge in [0.1, 0.15) is 11.3 Å². The third-order valence-corrected chi connectivity index (χ3v) is 4.38. The number of aryl methyl sites for hydroxylation is 1. The van der Waals surface area contributed by atoms with Gasteiger partial charge in [0.05, 0.1) is 5.56 Å². The summed E-state index contributed by atoms with van der Waals surface area (Å²) in [5.41, 5.74) is 1.84. The Bertz CT molecular complexity index is 971. The molecular formula is C21H21NO4. The van der Waals surface area contributed by atoms with E-state index in [1.54, 1.807) is 37.3 Å². The van der Waals surface area contributed by atoms with Crippen LogP contribution in [0.15, 0.2) is 46.9 Å². The zero-order valence-electron chi connectivity index (χ0n) is 15.1. The summed E-state index contributed by atoms with van der Waals surface area (Å²) < 4.78 is 5.70. The van der Waals surface area contributed by atoms with E-state index in [2.05, 4.69) is 0 Å². The lowest BCUT2D eigenvalue weighted by Gasteiger charge is -2.09. The van der Waals surface area contributed by atoms with Crippen LogP contribution < -0.4 is 0 Å². The van der Waals surface area contributed by atoms with Crippen molar-refractivity contribution in [3.8, 4) is 5.75 Å². The lowest BCUT2D eigenvalue weighted by Crippen LogP contribution is -2.16. The predicted molar refractivity (Wildman–Crippen MR) is 100.0 cm³/mol. The SMILES string of the molecule is Cc1c(C(=O)c2ccccc2)oc2cc(O)c(C(=O)CCN(C)C)cc12. The van der Waals surface area contributed by atoms with Crippen molar-refractivity contribution in [2.75, 3.05) is 20.6 Å². The summed E-state index contributed by atoms with van der Waals surface area (Å²) in [6, 6.07) is 11.9. The normalized spacial score (nSPS) is 11.2. The second kappa shape index (κ2) is 7.14. The highest BCUT2D eigenvalue weighted by Crippen LogP contribution is 2.32. The number of hydrogen-bond donors (Lipinski definition) is 1. The fraction of sp³-hybridized carbons (Fsp3) is 0.238. The summed E-state index contributed by atoms with van der Waals surface area (Å²) in [5.74, 6) is -0.272. The molecule has 3 aromatic rings. The molecule has 0 aliphatic carbocycles. The van der Waals surface area contributed by atoms with E-state index in [-0.39, 0.29) is 28.6 Å². The minimum atomic E-state index is -0.223. The summed E-state index contributed by atoms with van der Waals surface area (Å²) >= 11 is 0. The van der Waals surface area contributed by atoms with Crippen LogP contribution in [0.5, 0.6) is 5.75 Å². The van der Waals surface area contributed by atoms with Crippen LogP contribution in [-0.4, -0.2) is 42.2 Å². The number of carbonyl (C=O) groups is 2. The van der Waals surface area contributed by atoms with Crippen molar-refractivity contribution >= 4 is 22.5 Å². The predicted octanol–water partition coefficient (Wildman–Crippen LogP) is 3.81. The Morgan fingerprint density at radius 2 is 1.81 bits per heavy atom. The molecule has 1 heterocycles. The molecule has 0 spiro atoms. The van der Waals surface area contributed by atoms with Crippen LogP contribution >= 0.6 is 0 Å². The van der Waals surface area contributed by atoms with Gasteiger partial charge in [-0.15, -0.1) is 0 Å². The van der Waals surface area contributed by atoms with Gasteiger partial charge in [0.2, 0.25) is 5.78 Å². The highest BCUT2D eigenvalue weighted by molar-refractivity contribution is 6.11. The molecule has 134 valence electrons. The van der Waals surface area contributed by atoms with E-state index in [0.29, 0.717) is 35.1 Å². The number of carbonyl (C=O) groups excluding carboxylic acids is 2. The number of ketones is 2. The average molecular weight is 351 g/mol. The number of nitrogens with zero attached hydrogens (tertiary/aromatic N) is 1. The van der Waals surface area contributed by atoms with Crippen LogP contribution in [-0.2, 0) is 0 Å². The number of fused-ring (bicyclic) bond motifs is 1. The number of hydrogen-bond acceptors (Lipinski definition) is 5. The first kappa shape index (κ1) is 17.9. The third-order valence-electron chi connectivity index (χ3n) is 4.38. The first-order valence-corrected chi connectivity index (χ1v) is 8.42. The van der Waals surface area contributed by atoms with Gasteiger partial charge in [-0.05, 0) is 27.1 Å². The molecule has 0 aliphatic rings. The standard InChI is InChI=1S/C21H21NO4/c1-13-15-11-16(17(23)9-10-22(2)3)18(24)12-19(15)26-21(13)20(25)14-7-5-4-6-8-14/h4-8,11-12,24H,9-10H2,1-3H3. The highest BCUT2D eigenvalue weighted by Gasteiger charge is 2.22. The number of Topliss-reactive ketones (excluding diaryl/α,β-unsaturated/α-hetero) is 1. The minimum absolute atomic E-state index is 0.131. The van der Waals surface area contributed by atoms with Gasteiger partial charge < -0.3 is 14.4 Å². The number of benzene rings is 2. The van der Waals surface area contributed by atoms with Gasteiger partial charge in [-0.2, -0.15) is 0 Å². The quantitative estimate of drug-likeness (QED) is 0.684. The Morgan fingerprint density at radius 3 is 2.46 bits per heavy atom. The third kappa shape index (κ3) is 3.39. The Kier molecular flexibility index (Phi) is 4.91. The first-order valence-electron chi connectivity index (χ1n) is 8.42. The van der Waals surface area contributed by atoms with E-state index < -0.39 is 0 Å². The Labute approximate surface area is 151 Å². The average Bonchev–Trinajstić information content (AvgIpc) is 2.94. The summed E-state index contributed by atoms with van der Waals surface area (Å²) in [5, 5.41) is 10.9. The van der Waals surface area contributed by atoms with Gasteiger partial charge in [0, 0.05) is 35.5 Å². The van der Waals surface area contributed by atoms with Gasteiger partial charge in [0.25, 0.3) is 0 Å².